The number of carbonyl (C=O) groups is 2. The molecule has 0 bridgehead atoms. The van der Waals surface area contributed by atoms with Gasteiger partial charge in [0.25, 0.3) is 0 Å². The number of aliphatic hydroxyl groups excluding tert-OH is 1. The Bertz CT molecular complexity index is 1250. The number of ketones is 1. The summed E-state index contributed by atoms with van der Waals surface area (Å²) in [6.07, 6.45) is 32.1. The van der Waals surface area contributed by atoms with Gasteiger partial charge in [-0.2, -0.15) is 0 Å². The van der Waals surface area contributed by atoms with E-state index in [2.05, 4.69) is 61.5 Å². The molecule has 52 heavy (non-hydrogen) atoms. The first kappa shape index (κ1) is 42.0. The van der Waals surface area contributed by atoms with E-state index in [0.717, 1.165) is 70.6 Å². The Labute approximate surface area is 320 Å². The van der Waals surface area contributed by atoms with Crippen LogP contribution in [0.2, 0.25) is 0 Å². The van der Waals surface area contributed by atoms with E-state index in [4.69, 9.17) is 4.74 Å². The Morgan fingerprint density at radius 2 is 1.25 bits per heavy atom. The highest BCUT2D eigenvalue weighted by Crippen LogP contribution is 2.75. The van der Waals surface area contributed by atoms with Crippen molar-refractivity contribution in [2.75, 3.05) is 6.61 Å². The largest absolute Gasteiger partial charge is 0.465 e. The molecule has 4 nitrogen and oxygen atoms in total. The van der Waals surface area contributed by atoms with Crippen molar-refractivity contribution in [1.29, 1.82) is 0 Å². The summed E-state index contributed by atoms with van der Waals surface area (Å²) in [5.74, 6) is 0.899. The lowest BCUT2D eigenvalue weighted by Crippen LogP contribution is -2.66. The van der Waals surface area contributed by atoms with Gasteiger partial charge in [-0.05, 0) is 116 Å². The van der Waals surface area contributed by atoms with E-state index in [1.165, 1.54) is 95.5 Å². The summed E-state index contributed by atoms with van der Waals surface area (Å²) in [6.45, 7) is 19.3. The topological polar surface area (TPSA) is 63.6 Å². The van der Waals surface area contributed by atoms with Crippen LogP contribution in [0.1, 0.15) is 216 Å². The number of carbonyl (C=O) groups excluding carboxylic acids is 2. The molecule has 1 N–H and O–H groups in total. The Kier molecular flexibility index (Phi) is 13.7. The number of unbranched alkanes of at least 4 members (excludes halogenated alkanes) is 15. The van der Waals surface area contributed by atoms with Crippen LogP contribution in [-0.4, -0.2) is 29.6 Å². The van der Waals surface area contributed by atoms with E-state index in [0.29, 0.717) is 18.3 Å². The van der Waals surface area contributed by atoms with E-state index in [1.807, 2.05) is 0 Å². The highest BCUT2D eigenvalue weighted by molar-refractivity contribution is 5.95. The Morgan fingerprint density at radius 3 is 1.83 bits per heavy atom. The summed E-state index contributed by atoms with van der Waals surface area (Å²) < 4.78 is 6.06. The van der Waals surface area contributed by atoms with Crippen LogP contribution in [-0.2, 0) is 14.3 Å². The molecule has 4 fully saturated rings. The van der Waals surface area contributed by atoms with Crippen LogP contribution < -0.4 is 0 Å². The Balaban J connectivity index is 1.10. The van der Waals surface area contributed by atoms with Crippen LogP contribution in [0, 0.1) is 50.2 Å². The molecule has 0 aliphatic heterocycles. The van der Waals surface area contributed by atoms with E-state index in [1.54, 1.807) is 0 Å². The van der Waals surface area contributed by atoms with Crippen LogP contribution in [0.5, 0.6) is 0 Å². The highest BCUT2D eigenvalue weighted by atomic mass is 16.5. The van der Waals surface area contributed by atoms with Crippen LogP contribution in [0.15, 0.2) is 11.6 Å². The van der Waals surface area contributed by atoms with Crippen LogP contribution in [0.3, 0.4) is 0 Å². The van der Waals surface area contributed by atoms with E-state index in [-0.39, 0.29) is 51.0 Å². The van der Waals surface area contributed by atoms with Crippen LogP contribution in [0.25, 0.3) is 0 Å². The SMILES string of the molecule is CCCCCCCCCCCCCCCCCCOC(=O)[C@]1(C)CC[C@]2(C)CC[C@]3(C)C(=CC(=O)[C@@H]4[C@@]5(C)CCC(O)C(C)(C)[C@@H]5CC[C@]43C)[C@@H]2C1. The summed E-state index contributed by atoms with van der Waals surface area (Å²) in [5, 5.41) is 11.0. The maximum Gasteiger partial charge on any atom is 0.311 e. The zero-order valence-electron chi connectivity index (χ0n) is 35.4. The normalized spacial score (nSPS) is 39.5. The first-order valence-corrected chi connectivity index (χ1v) is 22.7. The molecule has 4 heteroatoms. The lowest BCUT2D eigenvalue weighted by atomic mass is 9.33. The molecule has 0 aromatic carbocycles. The van der Waals surface area contributed by atoms with Crippen molar-refractivity contribution < 1.29 is 19.4 Å². The molecular formula is C48H82O4. The second-order valence-electron chi connectivity index (χ2n) is 21.1. The van der Waals surface area contributed by atoms with Crippen molar-refractivity contribution in [3.63, 3.8) is 0 Å². The molecule has 0 saturated heterocycles. The van der Waals surface area contributed by atoms with Gasteiger partial charge in [0, 0.05) is 5.92 Å². The average Bonchev–Trinajstić information content (AvgIpc) is 3.09. The smallest absolute Gasteiger partial charge is 0.311 e. The van der Waals surface area contributed by atoms with Gasteiger partial charge in [-0.1, -0.05) is 150 Å². The highest BCUT2D eigenvalue weighted by Gasteiger charge is 2.70. The maximum atomic E-state index is 14.6. The molecule has 0 spiro atoms. The Hall–Kier alpha value is -1.16. The van der Waals surface area contributed by atoms with E-state index >= 15 is 0 Å². The first-order chi connectivity index (χ1) is 24.6. The number of allylic oxidation sites excluding steroid dienone is 2. The summed E-state index contributed by atoms with van der Waals surface area (Å²) in [4.78, 5) is 28.4. The molecule has 0 amide bonds. The van der Waals surface area contributed by atoms with Crippen molar-refractivity contribution in [3.05, 3.63) is 11.6 Å². The van der Waals surface area contributed by atoms with Gasteiger partial charge in [0.15, 0.2) is 5.78 Å². The van der Waals surface area contributed by atoms with Gasteiger partial charge < -0.3 is 9.84 Å². The van der Waals surface area contributed by atoms with Gasteiger partial charge in [-0.15, -0.1) is 0 Å². The molecule has 0 radical (unpaired) electrons. The summed E-state index contributed by atoms with van der Waals surface area (Å²) in [6, 6.07) is 0. The van der Waals surface area contributed by atoms with Gasteiger partial charge >= 0.3 is 5.97 Å². The minimum absolute atomic E-state index is 0.00868. The van der Waals surface area contributed by atoms with Crippen molar-refractivity contribution >= 4 is 11.8 Å². The average molecular weight is 723 g/mol. The number of ether oxygens (including phenoxy) is 1. The van der Waals surface area contributed by atoms with Crippen molar-refractivity contribution in [3.8, 4) is 0 Å². The lowest BCUT2D eigenvalue weighted by molar-refractivity contribution is -0.202. The zero-order valence-corrected chi connectivity index (χ0v) is 35.4. The van der Waals surface area contributed by atoms with Gasteiger partial charge in [-0.25, -0.2) is 0 Å². The third kappa shape index (κ3) is 8.05. The van der Waals surface area contributed by atoms with Crippen molar-refractivity contribution in [2.24, 2.45) is 50.2 Å². The molecule has 4 saturated carbocycles. The Morgan fingerprint density at radius 1 is 0.712 bits per heavy atom. The van der Waals surface area contributed by atoms with Crippen molar-refractivity contribution in [1.82, 2.24) is 0 Å². The molecule has 0 aromatic heterocycles. The minimum Gasteiger partial charge on any atom is -0.465 e. The van der Waals surface area contributed by atoms with Crippen LogP contribution in [0.4, 0.5) is 0 Å². The first-order valence-electron chi connectivity index (χ1n) is 22.7. The minimum atomic E-state index is -0.494. The third-order valence-electron chi connectivity index (χ3n) is 17.3. The lowest BCUT2D eigenvalue weighted by Gasteiger charge is -2.70. The fourth-order valence-electron chi connectivity index (χ4n) is 13.3. The number of aliphatic hydroxyl groups is 1. The fourth-order valence-corrected chi connectivity index (χ4v) is 13.3. The second-order valence-corrected chi connectivity index (χ2v) is 21.1. The van der Waals surface area contributed by atoms with Gasteiger partial charge in [0.1, 0.15) is 0 Å². The predicted molar refractivity (Wildman–Crippen MR) is 216 cm³/mol. The standard InChI is InChI=1S/C48H82O4/c1-9-10-11-12-13-14-15-16-17-18-19-20-21-22-23-24-33-52-42(51)45(5)30-29-44(4)31-32-47(7)36(37(44)35-45)34-38(49)41-46(6)27-26-40(50)43(2,3)39(46)25-28-48(41,47)8/h34,37,39-41,50H,9-33,35H2,1-8H3/t37-,39-,40?,41+,44+,45+,46-,47+,48+/m0/s1. The number of fused-ring (bicyclic) bond motifs is 7. The monoisotopic (exact) mass is 723 g/mol. The molecule has 1 unspecified atom stereocenters. The van der Waals surface area contributed by atoms with Crippen molar-refractivity contribution in [2.45, 2.75) is 222 Å². The molecule has 5 aliphatic rings. The molecule has 298 valence electrons. The molecule has 5 aliphatic carbocycles. The van der Waals surface area contributed by atoms with Gasteiger partial charge in [-0.3, -0.25) is 9.59 Å². The number of hydrogen-bond donors (Lipinski definition) is 1. The van der Waals surface area contributed by atoms with Crippen LogP contribution >= 0.6 is 0 Å². The second kappa shape index (κ2) is 16.9. The number of hydrogen-bond acceptors (Lipinski definition) is 4. The molecule has 0 aromatic rings. The quantitative estimate of drug-likeness (QED) is 0.113. The summed E-state index contributed by atoms with van der Waals surface area (Å²) >= 11 is 0. The maximum absolute atomic E-state index is 14.6. The summed E-state index contributed by atoms with van der Waals surface area (Å²) in [7, 11) is 0. The van der Waals surface area contributed by atoms with E-state index in [9.17, 15) is 14.7 Å². The van der Waals surface area contributed by atoms with Gasteiger partial charge in [0.2, 0.25) is 0 Å². The zero-order chi connectivity index (χ0) is 37.8. The molecule has 0 heterocycles. The van der Waals surface area contributed by atoms with Gasteiger partial charge in [0.05, 0.1) is 18.1 Å². The molecular weight excluding hydrogens is 641 g/mol. The van der Waals surface area contributed by atoms with E-state index < -0.39 is 5.41 Å². The summed E-state index contributed by atoms with van der Waals surface area (Å²) in [5.41, 5.74) is 0.546. The predicted octanol–water partition coefficient (Wildman–Crippen LogP) is 13.1. The third-order valence-corrected chi connectivity index (χ3v) is 17.3. The fraction of sp³-hybridized carbons (Fsp3) is 0.917. The molecule has 9 atom stereocenters. The number of esters is 1. The number of rotatable bonds is 18. The molecule has 5 rings (SSSR count).